The lowest BCUT2D eigenvalue weighted by atomic mass is 10.1. The number of benzene rings is 2. The van der Waals surface area contributed by atoms with E-state index in [0.29, 0.717) is 40.3 Å². The Kier molecular flexibility index (Phi) is 6.95. The van der Waals surface area contributed by atoms with E-state index in [1.54, 1.807) is 18.5 Å². The van der Waals surface area contributed by atoms with Crippen LogP contribution in [0.3, 0.4) is 0 Å². The Labute approximate surface area is 181 Å². The van der Waals surface area contributed by atoms with Gasteiger partial charge in [-0.3, -0.25) is 4.79 Å². The summed E-state index contributed by atoms with van der Waals surface area (Å²) in [4.78, 5) is 12.8. The van der Waals surface area contributed by atoms with Gasteiger partial charge in [-0.2, -0.15) is 0 Å². The van der Waals surface area contributed by atoms with Gasteiger partial charge in [-0.05, 0) is 37.1 Å². The maximum atomic E-state index is 12.8. The third-order valence-corrected chi connectivity index (χ3v) is 4.67. The predicted molar refractivity (Wildman–Crippen MR) is 117 cm³/mol. The van der Waals surface area contributed by atoms with Gasteiger partial charge in [-0.25, -0.2) is 0 Å². The lowest BCUT2D eigenvalue weighted by Gasteiger charge is -2.15. The van der Waals surface area contributed by atoms with E-state index in [2.05, 4.69) is 15.5 Å². The third kappa shape index (κ3) is 4.91. The van der Waals surface area contributed by atoms with Crippen molar-refractivity contribution in [3.8, 4) is 22.9 Å². The molecule has 0 aliphatic carbocycles. The molecule has 1 aromatic heterocycles. The van der Waals surface area contributed by atoms with Gasteiger partial charge >= 0.3 is 0 Å². The van der Waals surface area contributed by atoms with Crippen LogP contribution in [0.15, 0.2) is 42.7 Å². The minimum atomic E-state index is -0.306. The molecule has 30 heavy (non-hydrogen) atoms. The molecule has 0 unspecified atom stereocenters. The summed E-state index contributed by atoms with van der Waals surface area (Å²) in [7, 11) is 1.52. The van der Waals surface area contributed by atoms with Gasteiger partial charge in [0.05, 0.1) is 18.7 Å². The SMILES string of the molecule is CCn1cnnc1-c1cccc(NC(=O)c2cc(Cl)c(OCC(C)C)c(OC)c2)c1. The fourth-order valence-corrected chi connectivity index (χ4v) is 3.16. The Morgan fingerprint density at radius 2 is 2.07 bits per heavy atom. The van der Waals surface area contributed by atoms with Gasteiger partial charge in [0.2, 0.25) is 0 Å². The van der Waals surface area contributed by atoms with Gasteiger partial charge in [0.25, 0.3) is 5.91 Å². The summed E-state index contributed by atoms with van der Waals surface area (Å²) in [5, 5.41) is 11.3. The summed E-state index contributed by atoms with van der Waals surface area (Å²) < 4.78 is 13.1. The summed E-state index contributed by atoms with van der Waals surface area (Å²) in [6.45, 7) is 7.35. The number of aryl methyl sites for hydroxylation is 1. The highest BCUT2D eigenvalue weighted by Crippen LogP contribution is 2.37. The lowest BCUT2D eigenvalue weighted by molar-refractivity contribution is 0.102. The number of carbonyl (C=O) groups is 1. The van der Waals surface area contributed by atoms with Crippen molar-refractivity contribution in [2.75, 3.05) is 19.0 Å². The summed E-state index contributed by atoms with van der Waals surface area (Å²) in [6, 6.07) is 10.6. The van der Waals surface area contributed by atoms with Crippen molar-refractivity contribution in [1.82, 2.24) is 14.8 Å². The molecule has 7 nitrogen and oxygen atoms in total. The first-order valence-corrected chi connectivity index (χ1v) is 10.1. The van der Waals surface area contributed by atoms with Crippen LogP contribution < -0.4 is 14.8 Å². The molecule has 0 bridgehead atoms. The van der Waals surface area contributed by atoms with Gasteiger partial charge in [-0.1, -0.05) is 37.6 Å². The van der Waals surface area contributed by atoms with Crippen molar-refractivity contribution < 1.29 is 14.3 Å². The molecule has 0 aliphatic rings. The number of carbonyl (C=O) groups excluding carboxylic acids is 1. The molecule has 2 aromatic carbocycles. The first kappa shape index (κ1) is 21.6. The zero-order valence-corrected chi connectivity index (χ0v) is 18.2. The van der Waals surface area contributed by atoms with Crippen LogP contribution in [0.1, 0.15) is 31.1 Å². The highest BCUT2D eigenvalue weighted by atomic mass is 35.5. The molecule has 0 spiro atoms. The Morgan fingerprint density at radius 1 is 1.27 bits per heavy atom. The molecule has 3 aromatic rings. The Hall–Kier alpha value is -3.06. The van der Waals surface area contributed by atoms with Gasteiger partial charge in [0.1, 0.15) is 6.33 Å². The van der Waals surface area contributed by atoms with E-state index in [1.807, 2.05) is 49.6 Å². The predicted octanol–water partition coefficient (Wildman–Crippen LogP) is 4.91. The number of nitrogens with zero attached hydrogens (tertiary/aromatic N) is 3. The number of methoxy groups -OCH3 is 1. The molecule has 1 amide bonds. The van der Waals surface area contributed by atoms with Crippen molar-refractivity contribution in [1.29, 1.82) is 0 Å². The van der Waals surface area contributed by atoms with Crippen molar-refractivity contribution in [2.45, 2.75) is 27.3 Å². The van der Waals surface area contributed by atoms with Crippen LogP contribution in [0.2, 0.25) is 5.02 Å². The quantitative estimate of drug-likeness (QED) is 0.551. The van der Waals surface area contributed by atoms with Crippen molar-refractivity contribution in [2.24, 2.45) is 5.92 Å². The van der Waals surface area contributed by atoms with Crippen molar-refractivity contribution in [3.05, 3.63) is 53.3 Å². The fraction of sp³-hybridized carbons (Fsp3) is 0.318. The number of nitrogens with one attached hydrogen (secondary N) is 1. The largest absolute Gasteiger partial charge is 0.493 e. The maximum absolute atomic E-state index is 12.8. The van der Waals surface area contributed by atoms with E-state index in [4.69, 9.17) is 21.1 Å². The average molecular weight is 429 g/mol. The third-order valence-electron chi connectivity index (χ3n) is 4.39. The molecule has 1 heterocycles. The van der Waals surface area contributed by atoms with Crippen LogP contribution in [0.25, 0.3) is 11.4 Å². The molecule has 3 rings (SSSR count). The highest BCUT2D eigenvalue weighted by Gasteiger charge is 2.17. The molecule has 1 N–H and O–H groups in total. The Morgan fingerprint density at radius 3 is 2.77 bits per heavy atom. The molecule has 158 valence electrons. The molecule has 0 fully saturated rings. The molecular weight excluding hydrogens is 404 g/mol. The minimum Gasteiger partial charge on any atom is -0.493 e. The molecule has 8 heteroatoms. The highest BCUT2D eigenvalue weighted by molar-refractivity contribution is 6.32. The maximum Gasteiger partial charge on any atom is 0.255 e. The molecule has 0 saturated carbocycles. The second-order valence-corrected chi connectivity index (χ2v) is 7.58. The van der Waals surface area contributed by atoms with Crippen LogP contribution in [-0.2, 0) is 6.54 Å². The number of rotatable bonds is 8. The van der Waals surface area contributed by atoms with Crippen LogP contribution in [0.4, 0.5) is 5.69 Å². The normalized spacial score (nSPS) is 10.9. The number of amides is 1. The summed E-state index contributed by atoms with van der Waals surface area (Å²) in [5.41, 5.74) is 1.87. The second-order valence-electron chi connectivity index (χ2n) is 7.17. The lowest BCUT2D eigenvalue weighted by Crippen LogP contribution is -2.13. The second kappa shape index (κ2) is 9.63. The zero-order chi connectivity index (χ0) is 21.7. The molecule has 0 saturated heterocycles. The van der Waals surface area contributed by atoms with E-state index in [9.17, 15) is 4.79 Å². The smallest absolute Gasteiger partial charge is 0.255 e. The summed E-state index contributed by atoms with van der Waals surface area (Å²) in [6.07, 6.45) is 1.68. The van der Waals surface area contributed by atoms with Crippen molar-refractivity contribution >= 4 is 23.2 Å². The number of hydrogen-bond donors (Lipinski definition) is 1. The Balaban J connectivity index is 1.82. The molecule has 0 aliphatic heterocycles. The van der Waals surface area contributed by atoms with E-state index in [0.717, 1.165) is 17.9 Å². The molecule has 0 atom stereocenters. The van der Waals surface area contributed by atoms with Gasteiger partial charge in [0, 0.05) is 23.4 Å². The topological polar surface area (TPSA) is 78.3 Å². The fourth-order valence-electron chi connectivity index (χ4n) is 2.89. The van der Waals surface area contributed by atoms with Crippen LogP contribution in [0.5, 0.6) is 11.5 Å². The summed E-state index contributed by atoms with van der Waals surface area (Å²) >= 11 is 6.37. The average Bonchev–Trinajstić information content (AvgIpc) is 3.21. The molecule has 0 radical (unpaired) electrons. The number of aromatic nitrogens is 3. The first-order chi connectivity index (χ1) is 14.4. The van der Waals surface area contributed by atoms with Gasteiger partial charge in [-0.15, -0.1) is 10.2 Å². The van der Waals surface area contributed by atoms with Gasteiger partial charge in [0.15, 0.2) is 17.3 Å². The molecular formula is C22H25ClN4O3. The minimum absolute atomic E-state index is 0.306. The number of hydrogen-bond acceptors (Lipinski definition) is 5. The van der Waals surface area contributed by atoms with E-state index < -0.39 is 0 Å². The van der Waals surface area contributed by atoms with Crippen LogP contribution in [-0.4, -0.2) is 34.4 Å². The number of anilines is 1. The van der Waals surface area contributed by atoms with Gasteiger partial charge < -0.3 is 19.4 Å². The number of halogens is 1. The van der Waals surface area contributed by atoms with E-state index >= 15 is 0 Å². The summed E-state index contributed by atoms with van der Waals surface area (Å²) in [5.74, 6) is 1.62. The monoisotopic (exact) mass is 428 g/mol. The van der Waals surface area contributed by atoms with Crippen molar-refractivity contribution in [3.63, 3.8) is 0 Å². The van der Waals surface area contributed by atoms with E-state index in [-0.39, 0.29) is 5.91 Å². The van der Waals surface area contributed by atoms with E-state index in [1.165, 1.54) is 7.11 Å². The standard InChI is InChI=1S/C22H25ClN4O3/c1-5-27-13-24-26-21(27)15-7-6-8-17(9-15)25-22(28)16-10-18(23)20(19(11-16)29-4)30-12-14(2)3/h6-11,13-14H,5,12H2,1-4H3,(H,25,28). The Bertz CT molecular complexity index is 1030. The zero-order valence-electron chi connectivity index (χ0n) is 17.5. The van der Waals surface area contributed by atoms with Crippen LogP contribution in [0, 0.1) is 5.92 Å². The first-order valence-electron chi connectivity index (χ1n) is 9.72. The number of ether oxygens (including phenoxy) is 2. The van der Waals surface area contributed by atoms with Crippen LogP contribution >= 0.6 is 11.6 Å².